The molecule has 0 fully saturated rings. The number of nitrogen functional groups attached to an aromatic ring is 1. The van der Waals surface area contributed by atoms with Crippen LogP contribution in [0.1, 0.15) is 90.5 Å². The molecule has 0 aliphatic heterocycles. The number of hydrogen-bond donors (Lipinski definition) is 4. The Kier molecular flexibility index (Phi) is 17.4. The predicted molar refractivity (Wildman–Crippen MR) is 290 cm³/mol. The number of methoxy groups -OCH3 is 2. The van der Waals surface area contributed by atoms with Gasteiger partial charge in [-0.2, -0.15) is 9.97 Å². The molecule has 73 heavy (non-hydrogen) atoms. The molecule has 5 N–H and O–H groups in total. The van der Waals surface area contributed by atoms with Crippen LogP contribution in [0.15, 0.2) is 95.0 Å². The lowest BCUT2D eigenvalue weighted by Gasteiger charge is -2.32. The molecular weight excluding hydrogens is 1040 g/mol. The molecule has 0 saturated heterocycles. The fourth-order valence-corrected chi connectivity index (χ4v) is 11.0. The zero-order chi connectivity index (χ0) is 53.8. The summed E-state index contributed by atoms with van der Waals surface area (Å²) in [5.41, 5.74) is 11.0. The summed E-state index contributed by atoms with van der Waals surface area (Å²) in [7, 11) is -3.79. The predicted octanol–water partition coefficient (Wildman–Crippen LogP) is 11.4. The molecule has 0 atom stereocenters. The highest BCUT2D eigenvalue weighted by atomic mass is 35.5. The number of benzene rings is 4. The van der Waals surface area contributed by atoms with Crippen LogP contribution in [0.25, 0.3) is 0 Å². The van der Waals surface area contributed by atoms with Gasteiger partial charge in [-0.3, -0.25) is 9.59 Å². The third-order valence-corrected chi connectivity index (χ3v) is 17.9. The molecule has 0 saturated carbocycles. The maximum atomic E-state index is 12.8. The summed E-state index contributed by atoms with van der Waals surface area (Å²) in [6.45, 7) is 14.3. The number of aromatic nitrogens is 4. The van der Waals surface area contributed by atoms with Crippen molar-refractivity contribution in [2.75, 3.05) is 35.9 Å². The number of carbonyl (C=O) groups excluding carboxylic acids is 2. The van der Waals surface area contributed by atoms with Gasteiger partial charge in [-0.15, -0.1) is 0 Å². The number of hydrogen-bond acceptors (Lipinski definition) is 16. The van der Waals surface area contributed by atoms with Crippen LogP contribution in [-0.2, 0) is 52.9 Å². The van der Waals surface area contributed by atoms with Crippen LogP contribution < -0.4 is 31.2 Å². The van der Waals surface area contributed by atoms with Gasteiger partial charge in [0.25, 0.3) is 0 Å². The smallest absolute Gasteiger partial charge is 0.229 e. The zero-order valence-corrected chi connectivity index (χ0v) is 46.0. The van der Waals surface area contributed by atoms with Crippen molar-refractivity contribution < 1.29 is 35.9 Å². The summed E-state index contributed by atoms with van der Waals surface area (Å²) in [6, 6.07) is 20.8. The summed E-state index contributed by atoms with van der Waals surface area (Å²) >= 11 is 18.1. The van der Waals surface area contributed by atoms with Crippen molar-refractivity contribution in [3.8, 4) is 11.5 Å². The second kappa shape index (κ2) is 22.6. The van der Waals surface area contributed by atoms with E-state index in [9.17, 15) is 26.4 Å². The molecule has 6 aromatic rings. The number of ketones is 2. The highest BCUT2D eigenvalue weighted by Gasteiger charge is 2.37. The van der Waals surface area contributed by atoms with E-state index < -0.39 is 41.0 Å². The van der Waals surface area contributed by atoms with Crippen molar-refractivity contribution in [1.82, 2.24) is 19.9 Å². The molecule has 2 aliphatic rings. The Morgan fingerprint density at radius 2 is 1.03 bits per heavy atom. The van der Waals surface area contributed by atoms with Crippen molar-refractivity contribution in [1.29, 1.82) is 0 Å². The highest BCUT2D eigenvalue weighted by Crippen LogP contribution is 2.42. The molecule has 0 spiro atoms. The van der Waals surface area contributed by atoms with E-state index in [2.05, 4.69) is 35.9 Å². The number of nitrogens with one attached hydrogen (secondary N) is 3. The van der Waals surface area contributed by atoms with Gasteiger partial charge in [0.2, 0.25) is 11.2 Å². The number of Topliss-reactive ketones (excluding diaryl/α,β-unsaturated/α-hetero) is 2. The molecule has 0 amide bonds. The lowest BCUT2D eigenvalue weighted by molar-refractivity contribution is -0.124. The molecular formula is C52H59Cl3N8O8S2. The van der Waals surface area contributed by atoms with E-state index >= 15 is 0 Å². The summed E-state index contributed by atoms with van der Waals surface area (Å²) in [4.78, 5) is 41.2. The van der Waals surface area contributed by atoms with Crippen LogP contribution in [-0.4, -0.2) is 73.1 Å². The lowest BCUT2D eigenvalue weighted by Crippen LogP contribution is -2.34. The molecule has 0 bridgehead atoms. The average molecular weight is 1090 g/mol. The van der Waals surface area contributed by atoms with Crippen molar-refractivity contribution in [2.45, 2.75) is 112 Å². The third-order valence-electron chi connectivity index (χ3n) is 12.7. The van der Waals surface area contributed by atoms with Gasteiger partial charge in [0.1, 0.15) is 33.1 Å². The van der Waals surface area contributed by atoms with E-state index in [-0.39, 0.29) is 54.3 Å². The number of anilines is 7. The number of nitrogens with two attached hydrogens (primary N) is 1. The lowest BCUT2D eigenvalue weighted by atomic mass is 9.71. The van der Waals surface area contributed by atoms with Gasteiger partial charge in [0, 0.05) is 23.7 Å². The minimum absolute atomic E-state index is 0.0195. The number of ether oxygens (including phenoxy) is 2. The van der Waals surface area contributed by atoms with Crippen molar-refractivity contribution in [3.05, 3.63) is 123 Å². The Hall–Kier alpha value is -6.05. The number of nitrogens with zero attached hydrogens (tertiary/aromatic N) is 4. The molecule has 2 aromatic heterocycles. The molecule has 0 radical (unpaired) electrons. The van der Waals surface area contributed by atoms with E-state index in [1.54, 1.807) is 84.4 Å². The van der Waals surface area contributed by atoms with Gasteiger partial charge < -0.3 is 31.2 Å². The highest BCUT2D eigenvalue weighted by molar-refractivity contribution is 7.92. The molecule has 0 unspecified atom stereocenters. The van der Waals surface area contributed by atoms with Crippen molar-refractivity contribution in [3.63, 3.8) is 0 Å². The Morgan fingerprint density at radius 3 is 1.51 bits per heavy atom. The van der Waals surface area contributed by atoms with Gasteiger partial charge in [0.05, 0.1) is 69.7 Å². The second-order valence-corrected chi connectivity index (χ2v) is 24.9. The van der Waals surface area contributed by atoms with E-state index in [0.29, 0.717) is 53.5 Å². The fraction of sp³-hybridized carbons (Fsp3) is 0.346. The minimum atomic E-state index is -3.54. The number of rotatable bonds is 12. The average Bonchev–Trinajstić information content (AvgIpc) is 3.34. The second-order valence-electron chi connectivity index (χ2n) is 18.8. The number of fused-ring (bicyclic) bond motifs is 2. The van der Waals surface area contributed by atoms with E-state index in [0.717, 1.165) is 23.1 Å². The van der Waals surface area contributed by atoms with Crippen LogP contribution in [0.4, 0.5) is 40.3 Å². The molecule has 16 nitrogen and oxygen atoms in total. The van der Waals surface area contributed by atoms with Gasteiger partial charge in [-0.05, 0) is 151 Å². The largest absolute Gasteiger partial charge is 0.495 e. The molecule has 4 aromatic carbocycles. The van der Waals surface area contributed by atoms with Crippen LogP contribution in [0, 0.1) is 0 Å². The third kappa shape index (κ3) is 12.3. The molecule has 21 heteroatoms. The summed E-state index contributed by atoms with van der Waals surface area (Å²) in [5, 5.41) is 8.47. The van der Waals surface area contributed by atoms with Crippen LogP contribution in [0.5, 0.6) is 11.5 Å². The normalized spacial score (nSPS) is 14.7. The first-order chi connectivity index (χ1) is 34.2. The van der Waals surface area contributed by atoms with Crippen LogP contribution in [0.3, 0.4) is 0 Å². The molecule has 8 rings (SSSR count). The van der Waals surface area contributed by atoms with Crippen molar-refractivity contribution in [2.24, 2.45) is 0 Å². The van der Waals surface area contributed by atoms with Crippen LogP contribution >= 0.6 is 34.8 Å². The molecule has 388 valence electrons. The van der Waals surface area contributed by atoms with Gasteiger partial charge in [0.15, 0.2) is 31.3 Å². The zero-order valence-electron chi connectivity index (χ0n) is 42.1. The number of halogens is 3. The number of carbonyl (C=O) groups is 2. The van der Waals surface area contributed by atoms with Gasteiger partial charge in [-0.1, -0.05) is 47.5 Å². The topological polar surface area (TPSA) is 235 Å². The Bertz CT molecular complexity index is 3300. The molecule has 2 aliphatic carbocycles. The van der Waals surface area contributed by atoms with E-state index in [1.165, 1.54) is 24.0 Å². The number of aryl methyl sites for hydroxylation is 2. The van der Waals surface area contributed by atoms with Crippen molar-refractivity contribution >= 4 is 106 Å². The Morgan fingerprint density at radius 1 is 0.589 bits per heavy atom. The van der Waals surface area contributed by atoms with Crippen LogP contribution in [0.2, 0.25) is 15.3 Å². The van der Waals surface area contributed by atoms with E-state index in [1.807, 2.05) is 52.0 Å². The van der Waals surface area contributed by atoms with Gasteiger partial charge in [-0.25, -0.2) is 26.8 Å². The minimum Gasteiger partial charge on any atom is -0.495 e. The number of sulfone groups is 2. The standard InChI is InChI=1S/C26H29ClN4O4S.C13H13Cl2N3O2S.C13H17NO2/c1-15(2)36(33,34)22-9-7-6-8-19(22)29-24-18(27)14-28-25(31-24)30-20-13-17-16(12-21(20)35-5)10-11-23(32)26(17,3)4;1-8(2)21(19,20)11-6-4-3-5-10(11)17-12-9(14)7-16-13(15)18-12;1-13(2)9-7-10(14)11(16-3)6-8(9)4-5-12(13)15/h6-9,12-15H,10-11H2,1-5H3,(H2,28,29,30,31);3-8H,1-2H3,(H,16,17,18);6-7H,4-5,14H2,1-3H3. The molecule has 2 heterocycles. The fourth-order valence-electron chi connectivity index (χ4n) is 8.17. The Labute approximate surface area is 442 Å². The summed E-state index contributed by atoms with van der Waals surface area (Å²) in [6.07, 6.45) is 5.33. The SMILES string of the molecule is CC(C)S(=O)(=O)c1ccccc1Nc1nc(Cl)ncc1Cl.COc1cc2c(cc1N)C(C)(C)C(=O)CC2.COc1cc2c(cc1Nc1ncc(Cl)c(Nc3ccccc3S(=O)(=O)C(C)C)n1)C(C)(C)C(=O)CC2. The first-order valence-corrected chi connectivity index (χ1v) is 27.4. The first-order valence-electron chi connectivity index (χ1n) is 23.2. The maximum Gasteiger partial charge on any atom is 0.229 e. The Balaban J connectivity index is 0.000000198. The summed E-state index contributed by atoms with van der Waals surface area (Å²) in [5.74, 6) is 2.49. The number of para-hydroxylation sites is 2. The first kappa shape index (κ1) is 56.2. The monoisotopic (exact) mass is 1090 g/mol. The quantitative estimate of drug-likeness (QED) is 0.0659. The van der Waals surface area contributed by atoms with Gasteiger partial charge >= 0.3 is 0 Å². The maximum absolute atomic E-state index is 12.8. The van der Waals surface area contributed by atoms with E-state index in [4.69, 9.17) is 50.0 Å². The summed E-state index contributed by atoms with van der Waals surface area (Å²) < 4.78 is 61.2.